The Kier molecular flexibility index (Phi) is 7.77. The Bertz CT molecular complexity index is 6240. The van der Waals surface area contributed by atoms with Crippen LogP contribution in [-0.2, 0) is 0 Å². The molecular formula is C78H41BN2S. The van der Waals surface area contributed by atoms with Gasteiger partial charge in [-0.1, -0.05) is 206 Å². The van der Waals surface area contributed by atoms with Gasteiger partial charge in [0.2, 0.25) is 0 Å². The van der Waals surface area contributed by atoms with Crippen molar-refractivity contribution in [1.29, 1.82) is 0 Å². The number of aromatic nitrogens is 2. The Balaban J connectivity index is 0.985. The first-order valence-corrected chi connectivity index (χ1v) is 29.5. The molecule has 0 radical (unpaired) electrons. The average molecular weight is 1050 g/mol. The lowest BCUT2D eigenvalue weighted by Gasteiger charge is -2.34. The summed E-state index contributed by atoms with van der Waals surface area (Å²) in [5.41, 5.74) is 14.1. The van der Waals surface area contributed by atoms with E-state index in [0.29, 0.717) is 0 Å². The molecule has 0 aliphatic carbocycles. The van der Waals surface area contributed by atoms with E-state index in [-0.39, 0.29) is 6.71 Å². The van der Waals surface area contributed by atoms with Gasteiger partial charge in [-0.2, -0.15) is 0 Å². The van der Waals surface area contributed by atoms with E-state index in [4.69, 9.17) is 0 Å². The molecule has 0 atom stereocenters. The third kappa shape index (κ3) is 5.04. The summed E-state index contributed by atoms with van der Waals surface area (Å²) in [7, 11) is 0. The molecule has 0 N–H and O–H groups in total. The van der Waals surface area contributed by atoms with Crippen LogP contribution in [0.4, 0.5) is 0 Å². The summed E-state index contributed by atoms with van der Waals surface area (Å²) in [5, 5.41) is 31.3. The van der Waals surface area contributed by atoms with Gasteiger partial charge in [-0.05, 0) is 151 Å². The van der Waals surface area contributed by atoms with Crippen molar-refractivity contribution in [3.8, 4) is 22.5 Å². The predicted octanol–water partition coefficient (Wildman–Crippen LogP) is 19.4. The molecule has 0 fully saturated rings. The topological polar surface area (TPSA) is 9.86 Å². The molecule has 82 heavy (non-hydrogen) atoms. The van der Waals surface area contributed by atoms with E-state index in [1.807, 2.05) is 11.3 Å². The van der Waals surface area contributed by atoms with E-state index in [1.54, 1.807) is 0 Å². The van der Waals surface area contributed by atoms with Crippen LogP contribution in [0.15, 0.2) is 249 Å². The van der Waals surface area contributed by atoms with E-state index in [9.17, 15) is 0 Å². The number of fused-ring (bicyclic) bond motifs is 34. The van der Waals surface area contributed by atoms with Crippen molar-refractivity contribution in [2.45, 2.75) is 0 Å². The molecule has 0 bridgehead atoms. The van der Waals surface area contributed by atoms with Crippen molar-refractivity contribution in [2.24, 2.45) is 0 Å². The quantitative estimate of drug-likeness (QED) is 0.115. The van der Waals surface area contributed by atoms with Crippen molar-refractivity contribution in [3.63, 3.8) is 0 Å². The van der Waals surface area contributed by atoms with E-state index in [2.05, 4.69) is 258 Å². The van der Waals surface area contributed by atoms with Gasteiger partial charge in [0.05, 0.1) is 22.1 Å². The summed E-state index contributed by atoms with van der Waals surface area (Å²) in [4.78, 5) is 0. The Hall–Kier alpha value is -10.3. The van der Waals surface area contributed by atoms with Crippen LogP contribution in [0.2, 0.25) is 0 Å². The normalized spacial score (nSPS) is 13.1. The minimum Gasteiger partial charge on any atom is -0.310 e. The first kappa shape index (κ1) is 42.7. The summed E-state index contributed by atoms with van der Waals surface area (Å²) in [6.45, 7) is -0.0900. The van der Waals surface area contributed by atoms with Crippen LogP contribution >= 0.6 is 11.3 Å². The number of nitrogens with zero attached hydrogens (tertiary/aromatic N) is 2. The molecule has 21 rings (SSSR count). The fraction of sp³-hybridized carbons (Fsp3) is 0. The van der Waals surface area contributed by atoms with Crippen LogP contribution in [0.25, 0.3) is 183 Å². The average Bonchev–Trinajstić information content (AvgIpc) is 1.83. The van der Waals surface area contributed by atoms with Gasteiger partial charge in [0.1, 0.15) is 0 Å². The first-order valence-electron chi connectivity index (χ1n) is 28.7. The third-order valence-electron chi connectivity index (χ3n) is 19.6. The van der Waals surface area contributed by atoms with Crippen LogP contribution in [0, 0.1) is 0 Å². The second kappa shape index (κ2) is 14.9. The zero-order chi connectivity index (χ0) is 52.8. The molecular weight excluding hydrogens is 1010 g/mol. The van der Waals surface area contributed by atoms with Crippen molar-refractivity contribution in [3.05, 3.63) is 249 Å². The Morgan fingerprint density at radius 2 is 0.634 bits per heavy atom. The zero-order valence-electron chi connectivity index (χ0n) is 44.1. The molecule has 0 spiro atoms. The fourth-order valence-electron chi connectivity index (χ4n) is 16.5. The maximum absolute atomic E-state index is 2.70. The molecule has 0 saturated carbocycles. The van der Waals surface area contributed by atoms with Gasteiger partial charge in [-0.25, -0.2) is 0 Å². The van der Waals surface area contributed by atoms with E-state index < -0.39 is 0 Å². The molecule has 19 aromatic rings. The number of hydrogen-bond acceptors (Lipinski definition) is 1. The van der Waals surface area contributed by atoms with Crippen LogP contribution in [0.1, 0.15) is 0 Å². The molecule has 0 amide bonds. The SMILES string of the molecule is c1cc2c3c(c1)-n1c4ccc5c6ccccc6c6ccccc6c5c4c4c5c6ccccc6c6ccccc6c5cc(c41)B3c1cc3c4ccccc4c4ccccc4c3c3c4cc(-c5ccc6c(c5)sc5ccccc56)ccc4n-2c13. The summed E-state index contributed by atoms with van der Waals surface area (Å²) < 4.78 is 8.02. The van der Waals surface area contributed by atoms with Gasteiger partial charge in [-0.15, -0.1) is 11.3 Å². The standard InChI is InChI=1S/C78H41BN2S/c1-4-22-50-44(16-1)47-19-7-10-26-55(47)70-58(50)35-37-65-74(70)75-72-57-28-12-9-21-49(57)46-18-3-6-24-52(46)60(72)41-63-78(75)81(65)67-30-15-29-66-76(67)79(63)62-40-59-51-23-5-2-17-45(51)48-20-8-11-27-56(48)71(59)73-61-38-42(33-36-64(61)80(66)77(62)73)43-32-34-54-53-25-13-14-31-68(53)82-69(54)39-43/h1-41H. The first-order chi connectivity index (χ1) is 40.7. The number of hydrogen-bond donors (Lipinski definition) is 0. The third-order valence-corrected chi connectivity index (χ3v) is 20.7. The molecule has 3 aromatic heterocycles. The van der Waals surface area contributed by atoms with Crippen LogP contribution in [0.5, 0.6) is 0 Å². The monoisotopic (exact) mass is 1050 g/mol. The minimum atomic E-state index is -0.0900. The molecule has 372 valence electrons. The Morgan fingerprint density at radius 1 is 0.244 bits per heavy atom. The second-order valence-electron chi connectivity index (χ2n) is 23.2. The minimum absolute atomic E-state index is 0.0900. The summed E-state index contributed by atoms with van der Waals surface area (Å²) >= 11 is 1.89. The largest absolute Gasteiger partial charge is 0.310 e. The predicted molar refractivity (Wildman–Crippen MR) is 356 cm³/mol. The molecule has 16 aromatic carbocycles. The Labute approximate surface area is 472 Å². The number of benzene rings is 16. The molecule has 2 nitrogen and oxygen atoms in total. The number of rotatable bonds is 1. The fourth-order valence-corrected chi connectivity index (χ4v) is 17.6. The van der Waals surface area contributed by atoms with Gasteiger partial charge in [0.15, 0.2) is 0 Å². The lowest BCUT2D eigenvalue weighted by atomic mass is 9.34. The highest BCUT2D eigenvalue weighted by molar-refractivity contribution is 7.25. The van der Waals surface area contributed by atoms with Gasteiger partial charge in [0.25, 0.3) is 6.71 Å². The maximum Gasteiger partial charge on any atom is 0.252 e. The summed E-state index contributed by atoms with van der Waals surface area (Å²) in [6, 6.07) is 95.6. The molecule has 4 heteroatoms. The van der Waals surface area contributed by atoms with Crippen LogP contribution in [-0.4, -0.2) is 15.8 Å². The molecule has 2 aliphatic rings. The highest BCUT2D eigenvalue weighted by Crippen LogP contribution is 2.51. The van der Waals surface area contributed by atoms with E-state index in [0.717, 1.165) is 0 Å². The number of thiophene rings is 1. The Morgan fingerprint density at radius 3 is 1.21 bits per heavy atom. The van der Waals surface area contributed by atoms with Crippen LogP contribution in [0.3, 0.4) is 0 Å². The van der Waals surface area contributed by atoms with Crippen molar-refractivity contribution in [1.82, 2.24) is 9.13 Å². The highest BCUT2D eigenvalue weighted by Gasteiger charge is 2.42. The highest BCUT2D eigenvalue weighted by atomic mass is 32.1. The smallest absolute Gasteiger partial charge is 0.252 e. The van der Waals surface area contributed by atoms with Crippen molar-refractivity contribution in [2.75, 3.05) is 0 Å². The summed E-state index contributed by atoms with van der Waals surface area (Å²) in [5.74, 6) is 0. The van der Waals surface area contributed by atoms with E-state index >= 15 is 0 Å². The van der Waals surface area contributed by atoms with Crippen molar-refractivity contribution >= 4 is 195 Å². The lowest BCUT2D eigenvalue weighted by molar-refractivity contribution is 1.14. The molecule has 5 heterocycles. The molecule has 0 unspecified atom stereocenters. The summed E-state index contributed by atoms with van der Waals surface area (Å²) in [6.07, 6.45) is 0. The molecule has 0 saturated heterocycles. The van der Waals surface area contributed by atoms with Gasteiger partial charge >= 0.3 is 0 Å². The van der Waals surface area contributed by atoms with Gasteiger partial charge in [-0.3, -0.25) is 0 Å². The van der Waals surface area contributed by atoms with Crippen LogP contribution < -0.4 is 16.4 Å². The van der Waals surface area contributed by atoms with Crippen molar-refractivity contribution < 1.29 is 0 Å². The van der Waals surface area contributed by atoms with Gasteiger partial charge < -0.3 is 9.13 Å². The maximum atomic E-state index is 2.70. The second-order valence-corrected chi connectivity index (χ2v) is 24.3. The molecule has 2 aliphatic heterocycles. The lowest BCUT2D eigenvalue weighted by Crippen LogP contribution is -2.59. The zero-order valence-corrected chi connectivity index (χ0v) is 44.9. The van der Waals surface area contributed by atoms with E-state index in [1.165, 1.54) is 200 Å². The van der Waals surface area contributed by atoms with Gasteiger partial charge in [0, 0.05) is 69.3 Å².